The maximum absolute atomic E-state index is 12.3. The number of nitrogens with one attached hydrogen (secondary N) is 2. The Morgan fingerprint density at radius 3 is 3.05 bits per heavy atom. The third kappa shape index (κ3) is 3.19. The standard InChI is InChI=1S/C16H23N3OS/c1-2-3-4-5-9-17-10-13-18-15(20)14-11-7-6-8-12(11)21-16(14)19-13/h17H,2-10H2,1H3,(H,18,19,20). The van der Waals surface area contributed by atoms with Crippen LogP contribution in [0.3, 0.4) is 0 Å². The van der Waals surface area contributed by atoms with Gasteiger partial charge in [0.2, 0.25) is 0 Å². The van der Waals surface area contributed by atoms with E-state index in [1.165, 1.54) is 42.5 Å². The summed E-state index contributed by atoms with van der Waals surface area (Å²) in [5.41, 5.74) is 1.30. The zero-order chi connectivity index (χ0) is 14.7. The molecule has 2 N–H and O–H groups in total. The van der Waals surface area contributed by atoms with Crippen LogP contribution in [0, 0.1) is 0 Å². The lowest BCUT2D eigenvalue weighted by molar-refractivity contribution is 0.588. The number of unbranched alkanes of at least 4 members (excludes halogenated alkanes) is 3. The van der Waals surface area contributed by atoms with Gasteiger partial charge in [0.25, 0.3) is 5.56 Å². The predicted octanol–water partition coefficient (Wildman–Crippen LogP) is 3.14. The van der Waals surface area contributed by atoms with E-state index >= 15 is 0 Å². The molecule has 4 nitrogen and oxygen atoms in total. The van der Waals surface area contributed by atoms with E-state index in [2.05, 4.69) is 22.2 Å². The van der Waals surface area contributed by atoms with Crippen molar-refractivity contribution in [2.45, 2.75) is 58.4 Å². The highest BCUT2D eigenvalue weighted by molar-refractivity contribution is 7.18. The Hall–Kier alpha value is -1.20. The Bertz CT molecular complexity index is 674. The summed E-state index contributed by atoms with van der Waals surface area (Å²) in [6.07, 6.45) is 8.34. The number of hydrogen-bond donors (Lipinski definition) is 2. The van der Waals surface area contributed by atoms with Gasteiger partial charge in [-0.15, -0.1) is 11.3 Å². The van der Waals surface area contributed by atoms with Gasteiger partial charge in [0, 0.05) is 4.88 Å². The van der Waals surface area contributed by atoms with Gasteiger partial charge in [-0.3, -0.25) is 4.79 Å². The van der Waals surface area contributed by atoms with Crippen LogP contribution in [0.2, 0.25) is 0 Å². The fourth-order valence-electron chi connectivity index (χ4n) is 3.01. The molecule has 0 spiro atoms. The Morgan fingerprint density at radius 1 is 1.29 bits per heavy atom. The molecule has 0 saturated carbocycles. The molecule has 0 bridgehead atoms. The first-order valence-corrected chi connectivity index (χ1v) is 8.85. The fraction of sp³-hybridized carbons (Fsp3) is 0.625. The Balaban J connectivity index is 1.66. The van der Waals surface area contributed by atoms with Crippen molar-refractivity contribution in [1.82, 2.24) is 15.3 Å². The molecule has 2 heterocycles. The molecule has 0 fully saturated rings. The molecule has 0 unspecified atom stereocenters. The molecule has 0 atom stereocenters. The first-order chi connectivity index (χ1) is 10.3. The first kappa shape index (κ1) is 14.7. The van der Waals surface area contributed by atoms with Crippen molar-refractivity contribution in [3.8, 4) is 0 Å². The lowest BCUT2D eigenvalue weighted by atomic mass is 10.2. The number of fused-ring (bicyclic) bond motifs is 3. The van der Waals surface area contributed by atoms with Gasteiger partial charge in [-0.25, -0.2) is 4.98 Å². The number of aryl methyl sites for hydroxylation is 2. The van der Waals surface area contributed by atoms with Gasteiger partial charge in [-0.1, -0.05) is 26.2 Å². The van der Waals surface area contributed by atoms with Crippen LogP contribution in [-0.2, 0) is 19.4 Å². The minimum atomic E-state index is 0.0437. The number of rotatable bonds is 7. The van der Waals surface area contributed by atoms with Crippen molar-refractivity contribution in [3.05, 3.63) is 26.6 Å². The van der Waals surface area contributed by atoms with Gasteiger partial charge < -0.3 is 10.3 Å². The van der Waals surface area contributed by atoms with Crippen LogP contribution in [0.5, 0.6) is 0 Å². The summed E-state index contributed by atoms with van der Waals surface area (Å²) in [5, 5.41) is 4.22. The molecule has 0 saturated heterocycles. The molecule has 2 aromatic rings. The maximum atomic E-state index is 12.3. The highest BCUT2D eigenvalue weighted by Crippen LogP contribution is 2.34. The zero-order valence-electron chi connectivity index (χ0n) is 12.6. The Kier molecular flexibility index (Phi) is 4.70. The second kappa shape index (κ2) is 6.71. The highest BCUT2D eigenvalue weighted by atomic mass is 32.1. The topological polar surface area (TPSA) is 57.8 Å². The van der Waals surface area contributed by atoms with Crippen LogP contribution in [-0.4, -0.2) is 16.5 Å². The van der Waals surface area contributed by atoms with Gasteiger partial charge >= 0.3 is 0 Å². The summed E-state index contributed by atoms with van der Waals surface area (Å²) < 4.78 is 0. The van der Waals surface area contributed by atoms with E-state index in [0.29, 0.717) is 6.54 Å². The number of hydrogen-bond acceptors (Lipinski definition) is 4. The average molecular weight is 305 g/mol. The molecule has 0 aromatic carbocycles. The number of aromatic amines is 1. The van der Waals surface area contributed by atoms with E-state index in [1.807, 2.05) is 0 Å². The van der Waals surface area contributed by atoms with E-state index in [-0.39, 0.29) is 5.56 Å². The van der Waals surface area contributed by atoms with Crippen molar-refractivity contribution in [2.75, 3.05) is 6.54 Å². The van der Waals surface area contributed by atoms with Gasteiger partial charge in [-0.05, 0) is 37.8 Å². The molecule has 3 rings (SSSR count). The summed E-state index contributed by atoms with van der Waals surface area (Å²) in [7, 11) is 0. The molecular formula is C16H23N3OS. The summed E-state index contributed by atoms with van der Waals surface area (Å²) in [6, 6.07) is 0. The zero-order valence-corrected chi connectivity index (χ0v) is 13.4. The van der Waals surface area contributed by atoms with Crippen LogP contribution >= 0.6 is 11.3 Å². The highest BCUT2D eigenvalue weighted by Gasteiger charge is 2.20. The number of H-pyrrole nitrogens is 1. The van der Waals surface area contributed by atoms with Crippen molar-refractivity contribution >= 4 is 21.6 Å². The fourth-order valence-corrected chi connectivity index (χ4v) is 4.30. The molecule has 5 heteroatoms. The quantitative estimate of drug-likeness (QED) is 0.773. The normalized spacial score (nSPS) is 14.0. The predicted molar refractivity (Wildman–Crippen MR) is 88.1 cm³/mol. The van der Waals surface area contributed by atoms with Crippen molar-refractivity contribution in [1.29, 1.82) is 0 Å². The number of aromatic nitrogens is 2. The van der Waals surface area contributed by atoms with E-state index in [4.69, 9.17) is 0 Å². The minimum absolute atomic E-state index is 0.0437. The Labute approximate surface area is 129 Å². The van der Waals surface area contributed by atoms with E-state index in [9.17, 15) is 4.79 Å². The largest absolute Gasteiger partial charge is 0.310 e. The smallest absolute Gasteiger partial charge is 0.259 e. The van der Waals surface area contributed by atoms with E-state index in [0.717, 1.165) is 35.4 Å². The van der Waals surface area contributed by atoms with Crippen LogP contribution in [0.15, 0.2) is 4.79 Å². The van der Waals surface area contributed by atoms with Crippen LogP contribution in [0.4, 0.5) is 0 Å². The van der Waals surface area contributed by atoms with Crippen molar-refractivity contribution in [2.24, 2.45) is 0 Å². The van der Waals surface area contributed by atoms with Gasteiger partial charge in [0.15, 0.2) is 0 Å². The molecule has 0 aliphatic heterocycles. The molecular weight excluding hydrogens is 282 g/mol. The van der Waals surface area contributed by atoms with Gasteiger partial charge in [0.1, 0.15) is 10.7 Å². The second-order valence-corrected chi connectivity index (χ2v) is 6.87. The summed E-state index contributed by atoms with van der Waals surface area (Å²) in [4.78, 5) is 22.1. The van der Waals surface area contributed by atoms with Crippen LogP contribution in [0.1, 0.15) is 55.3 Å². The van der Waals surface area contributed by atoms with Gasteiger partial charge in [0.05, 0.1) is 11.9 Å². The maximum Gasteiger partial charge on any atom is 0.259 e. The molecule has 2 aromatic heterocycles. The molecule has 0 radical (unpaired) electrons. The average Bonchev–Trinajstić information content (AvgIpc) is 3.02. The lowest BCUT2D eigenvalue weighted by Gasteiger charge is -2.04. The SMILES string of the molecule is CCCCCCNCc1nc2sc3c(c2c(=O)[nH]1)CCC3. The number of nitrogens with zero attached hydrogens (tertiary/aromatic N) is 1. The molecule has 21 heavy (non-hydrogen) atoms. The molecule has 114 valence electrons. The summed E-state index contributed by atoms with van der Waals surface area (Å²) in [5.74, 6) is 0.767. The van der Waals surface area contributed by atoms with E-state index in [1.54, 1.807) is 11.3 Å². The minimum Gasteiger partial charge on any atom is -0.310 e. The second-order valence-electron chi connectivity index (χ2n) is 5.79. The Morgan fingerprint density at radius 2 is 2.19 bits per heavy atom. The van der Waals surface area contributed by atoms with Crippen LogP contribution in [0.25, 0.3) is 10.2 Å². The number of thiophene rings is 1. The third-order valence-electron chi connectivity index (χ3n) is 4.12. The summed E-state index contributed by atoms with van der Waals surface area (Å²) >= 11 is 1.71. The molecule has 1 aliphatic carbocycles. The summed E-state index contributed by atoms with van der Waals surface area (Å²) in [6.45, 7) is 3.86. The van der Waals surface area contributed by atoms with Gasteiger partial charge in [-0.2, -0.15) is 0 Å². The molecule has 0 amide bonds. The first-order valence-electron chi connectivity index (χ1n) is 8.03. The van der Waals surface area contributed by atoms with Crippen molar-refractivity contribution < 1.29 is 0 Å². The molecule has 1 aliphatic rings. The third-order valence-corrected chi connectivity index (χ3v) is 5.31. The van der Waals surface area contributed by atoms with E-state index < -0.39 is 0 Å². The van der Waals surface area contributed by atoms with Crippen molar-refractivity contribution in [3.63, 3.8) is 0 Å². The lowest BCUT2D eigenvalue weighted by Crippen LogP contribution is -2.20. The monoisotopic (exact) mass is 305 g/mol. The van der Waals surface area contributed by atoms with Crippen LogP contribution < -0.4 is 10.9 Å².